The third-order valence-corrected chi connectivity index (χ3v) is 4.18. The number of carbonyl (C=O) groups is 2. The lowest BCUT2D eigenvalue weighted by Gasteiger charge is -2.35. The Morgan fingerprint density at radius 2 is 2.10 bits per heavy atom. The Morgan fingerprint density at radius 1 is 1.40 bits per heavy atom. The molecule has 6 heteroatoms. The summed E-state index contributed by atoms with van der Waals surface area (Å²) in [7, 11) is 0. The van der Waals surface area contributed by atoms with E-state index in [1.165, 1.54) is 0 Å². The molecule has 0 spiro atoms. The Kier molecular flexibility index (Phi) is 4.45. The number of halogens is 1. The van der Waals surface area contributed by atoms with E-state index in [1.807, 2.05) is 13.0 Å². The largest absolute Gasteiger partial charge is 0.479 e. The smallest absolute Gasteiger partial charge is 0.334 e. The lowest BCUT2D eigenvalue weighted by molar-refractivity contribution is -0.160. The number of hydrogen-bond donors (Lipinski definition) is 1. The molecule has 5 nitrogen and oxygen atoms in total. The van der Waals surface area contributed by atoms with Gasteiger partial charge in [-0.3, -0.25) is 4.79 Å². The van der Waals surface area contributed by atoms with Crippen molar-refractivity contribution in [3.63, 3.8) is 0 Å². The highest BCUT2D eigenvalue weighted by molar-refractivity contribution is 9.10. The molecule has 1 amide bonds. The van der Waals surface area contributed by atoms with Crippen molar-refractivity contribution in [2.45, 2.75) is 26.1 Å². The van der Waals surface area contributed by atoms with Gasteiger partial charge in [-0.15, -0.1) is 0 Å². The average molecular weight is 342 g/mol. The number of ether oxygens (including phenoxy) is 1. The summed E-state index contributed by atoms with van der Waals surface area (Å²) in [5.74, 6) is -1.20. The van der Waals surface area contributed by atoms with Crippen LogP contribution in [-0.2, 0) is 9.53 Å². The van der Waals surface area contributed by atoms with Crippen LogP contribution < -0.4 is 0 Å². The molecule has 1 unspecified atom stereocenters. The molecule has 0 bridgehead atoms. The predicted octanol–water partition coefficient (Wildman–Crippen LogP) is 2.07. The van der Waals surface area contributed by atoms with Crippen molar-refractivity contribution in [3.05, 3.63) is 33.8 Å². The Morgan fingerprint density at radius 3 is 2.75 bits per heavy atom. The first-order chi connectivity index (χ1) is 9.40. The van der Waals surface area contributed by atoms with Crippen LogP contribution in [0.1, 0.15) is 22.8 Å². The van der Waals surface area contributed by atoms with Gasteiger partial charge in [0.2, 0.25) is 0 Å². The number of benzene rings is 1. The molecule has 1 aliphatic heterocycles. The predicted molar refractivity (Wildman–Crippen MR) is 76.8 cm³/mol. The van der Waals surface area contributed by atoms with Crippen LogP contribution in [0.5, 0.6) is 0 Å². The third-order valence-electron chi connectivity index (χ3n) is 3.32. The second-order valence-corrected chi connectivity index (χ2v) is 5.75. The number of hydrogen-bond acceptors (Lipinski definition) is 3. The van der Waals surface area contributed by atoms with Crippen LogP contribution in [0.4, 0.5) is 0 Å². The molecule has 2 atom stereocenters. The molecular formula is C14H16BrNO4. The van der Waals surface area contributed by atoms with Crippen LogP contribution in [-0.4, -0.2) is 47.2 Å². The van der Waals surface area contributed by atoms with Crippen molar-refractivity contribution < 1.29 is 19.4 Å². The fourth-order valence-electron chi connectivity index (χ4n) is 2.26. The molecule has 1 N–H and O–H groups in total. The molecule has 1 aromatic carbocycles. The molecule has 0 saturated carbocycles. The summed E-state index contributed by atoms with van der Waals surface area (Å²) in [6.07, 6.45) is -1.25. The number of rotatable bonds is 2. The first-order valence-electron chi connectivity index (χ1n) is 6.32. The summed E-state index contributed by atoms with van der Waals surface area (Å²) < 4.78 is 6.18. The first-order valence-corrected chi connectivity index (χ1v) is 7.12. The molecule has 0 radical (unpaired) electrons. The molecule has 1 aliphatic rings. The second-order valence-electron chi connectivity index (χ2n) is 4.90. The number of morpholine rings is 1. The maximum atomic E-state index is 12.5. The summed E-state index contributed by atoms with van der Waals surface area (Å²) in [5, 5.41) is 9.05. The van der Waals surface area contributed by atoms with Crippen LogP contribution in [0.15, 0.2) is 22.7 Å². The van der Waals surface area contributed by atoms with Gasteiger partial charge >= 0.3 is 5.97 Å². The standard InChI is InChI=1S/C14H16BrNO4/c1-8-6-16(7-12(20-8)14(18)19)13(17)10-4-3-5-11(15)9(10)2/h3-5,8,12H,6-7H2,1-2H3,(H,18,19)/t8-,12?/m1/s1. The molecule has 20 heavy (non-hydrogen) atoms. The number of carboxylic acid groups (broad SMARTS) is 1. The van der Waals surface area contributed by atoms with E-state index in [0.29, 0.717) is 12.1 Å². The highest BCUT2D eigenvalue weighted by atomic mass is 79.9. The van der Waals surface area contributed by atoms with Crippen molar-refractivity contribution >= 4 is 27.8 Å². The number of carbonyl (C=O) groups excluding carboxylic acids is 1. The van der Waals surface area contributed by atoms with Gasteiger partial charge in [-0.25, -0.2) is 4.79 Å². The summed E-state index contributed by atoms with van der Waals surface area (Å²) in [4.78, 5) is 25.1. The van der Waals surface area contributed by atoms with Crippen molar-refractivity contribution in [2.24, 2.45) is 0 Å². The SMILES string of the molecule is Cc1c(Br)cccc1C(=O)N1CC(C(=O)O)O[C@H](C)C1. The zero-order valence-corrected chi connectivity index (χ0v) is 12.9. The van der Waals surface area contributed by atoms with Crippen LogP contribution >= 0.6 is 15.9 Å². The maximum Gasteiger partial charge on any atom is 0.334 e. The fourth-order valence-corrected chi connectivity index (χ4v) is 2.63. The normalized spacial score (nSPS) is 22.6. The minimum absolute atomic E-state index is 0.0739. The number of carboxylic acids is 1. The summed E-state index contributed by atoms with van der Waals surface area (Å²) in [6.45, 7) is 4.10. The molecular weight excluding hydrogens is 326 g/mol. The lowest BCUT2D eigenvalue weighted by atomic mass is 10.1. The number of aliphatic carboxylic acids is 1. The van der Waals surface area contributed by atoms with Crippen LogP contribution in [0.3, 0.4) is 0 Å². The van der Waals surface area contributed by atoms with Crippen LogP contribution in [0.2, 0.25) is 0 Å². The quantitative estimate of drug-likeness (QED) is 0.894. The highest BCUT2D eigenvalue weighted by Crippen LogP contribution is 2.22. The van der Waals surface area contributed by atoms with Crippen molar-refractivity contribution in [3.8, 4) is 0 Å². The Labute approximate surface area is 125 Å². The number of amides is 1. The van der Waals surface area contributed by atoms with Gasteiger partial charge in [0.05, 0.1) is 12.6 Å². The molecule has 0 aliphatic carbocycles. The topological polar surface area (TPSA) is 66.8 Å². The third kappa shape index (κ3) is 3.02. The van der Waals surface area contributed by atoms with Gasteiger partial charge in [-0.1, -0.05) is 22.0 Å². The fraction of sp³-hybridized carbons (Fsp3) is 0.429. The van der Waals surface area contributed by atoms with Gasteiger partial charge in [0.15, 0.2) is 6.10 Å². The molecule has 1 heterocycles. The molecule has 0 aromatic heterocycles. The van der Waals surface area contributed by atoms with E-state index in [1.54, 1.807) is 24.0 Å². The molecule has 2 rings (SSSR count). The molecule has 1 aromatic rings. The van der Waals surface area contributed by atoms with E-state index in [-0.39, 0.29) is 18.6 Å². The monoisotopic (exact) mass is 341 g/mol. The van der Waals surface area contributed by atoms with Crippen molar-refractivity contribution in [1.29, 1.82) is 0 Å². The summed E-state index contributed by atoms with van der Waals surface area (Å²) in [6, 6.07) is 5.41. The van der Waals surface area contributed by atoms with E-state index >= 15 is 0 Å². The van der Waals surface area contributed by atoms with E-state index in [2.05, 4.69) is 15.9 Å². The van der Waals surface area contributed by atoms with Crippen molar-refractivity contribution in [1.82, 2.24) is 4.90 Å². The van der Waals surface area contributed by atoms with Gasteiger partial charge in [-0.05, 0) is 31.5 Å². The molecule has 1 saturated heterocycles. The molecule has 108 valence electrons. The maximum absolute atomic E-state index is 12.5. The van der Waals surface area contributed by atoms with Gasteiger partial charge in [-0.2, -0.15) is 0 Å². The average Bonchev–Trinajstić information content (AvgIpc) is 2.40. The first kappa shape index (κ1) is 15.0. The zero-order valence-electron chi connectivity index (χ0n) is 11.3. The van der Waals surface area contributed by atoms with Gasteiger partial charge in [0.25, 0.3) is 5.91 Å². The van der Waals surface area contributed by atoms with E-state index in [0.717, 1.165) is 10.0 Å². The van der Waals surface area contributed by atoms with E-state index in [4.69, 9.17) is 9.84 Å². The minimum Gasteiger partial charge on any atom is -0.479 e. The number of nitrogens with zero attached hydrogens (tertiary/aromatic N) is 1. The Balaban J connectivity index is 2.24. The highest BCUT2D eigenvalue weighted by Gasteiger charge is 2.33. The molecule has 1 fully saturated rings. The van der Waals surface area contributed by atoms with Gasteiger partial charge in [0.1, 0.15) is 0 Å². The van der Waals surface area contributed by atoms with E-state index < -0.39 is 12.1 Å². The second kappa shape index (κ2) is 5.93. The van der Waals surface area contributed by atoms with Gasteiger partial charge < -0.3 is 14.7 Å². The minimum atomic E-state index is -1.04. The summed E-state index contributed by atoms with van der Waals surface area (Å²) in [5.41, 5.74) is 1.43. The lowest BCUT2D eigenvalue weighted by Crippen LogP contribution is -2.51. The summed E-state index contributed by atoms with van der Waals surface area (Å²) >= 11 is 3.40. The van der Waals surface area contributed by atoms with Crippen LogP contribution in [0, 0.1) is 6.92 Å². The van der Waals surface area contributed by atoms with E-state index in [9.17, 15) is 9.59 Å². The Hall–Kier alpha value is -1.40. The van der Waals surface area contributed by atoms with Crippen molar-refractivity contribution in [2.75, 3.05) is 13.1 Å². The van der Waals surface area contributed by atoms with Gasteiger partial charge in [0, 0.05) is 16.6 Å². The van der Waals surface area contributed by atoms with Crippen LogP contribution in [0.25, 0.3) is 0 Å². The Bertz CT molecular complexity index is 546. The zero-order chi connectivity index (χ0) is 14.9.